The molecule has 1 amide bonds. The molecule has 0 bridgehead atoms. The van der Waals surface area contributed by atoms with Gasteiger partial charge in [-0.3, -0.25) is 4.79 Å². The molecule has 7 nitrogen and oxygen atoms in total. The Kier molecular flexibility index (Phi) is 9.20. The molecule has 5 rings (SSSR count). The largest absolute Gasteiger partial charge is 0.462 e. The van der Waals surface area contributed by atoms with Gasteiger partial charge in [0.25, 0.3) is 5.91 Å². The lowest BCUT2D eigenvalue weighted by Crippen LogP contribution is -2.49. The zero-order valence-electron chi connectivity index (χ0n) is 22.1. The van der Waals surface area contributed by atoms with Gasteiger partial charge < -0.3 is 19.4 Å². The quantitative estimate of drug-likeness (QED) is 0.298. The Morgan fingerprint density at radius 2 is 1.66 bits per heavy atom. The summed E-state index contributed by atoms with van der Waals surface area (Å²) < 4.78 is 5.91. The molecule has 1 saturated heterocycles. The zero-order valence-corrected chi connectivity index (χ0v) is 23.7. The SMILES string of the molecule is CCc1cc2c(N3CCN(C(=O)c4ccc(-c5ccccc5)cc4)CC3)nc(OCCN(C)C)nc2s1.Cl. The van der Waals surface area contributed by atoms with Crippen LogP contribution in [-0.2, 0) is 6.42 Å². The van der Waals surface area contributed by atoms with Gasteiger partial charge >= 0.3 is 6.01 Å². The van der Waals surface area contributed by atoms with Gasteiger partial charge in [-0.2, -0.15) is 9.97 Å². The first kappa shape index (κ1) is 27.8. The Hall–Kier alpha value is -3.20. The Bertz CT molecular complexity index is 1350. The van der Waals surface area contributed by atoms with Gasteiger partial charge in [0.15, 0.2) is 0 Å². The molecular weight excluding hydrogens is 518 g/mol. The summed E-state index contributed by atoms with van der Waals surface area (Å²) in [6.07, 6.45) is 0.961. The number of likely N-dealkylation sites (N-methyl/N-ethyl adjacent to an activating group) is 1. The maximum absolute atomic E-state index is 13.2. The third-order valence-electron chi connectivity index (χ3n) is 6.63. The van der Waals surface area contributed by atoms with E-state index in [0.29, 0.717) is 38.8 Å². The van der Waals surface area contributed by atoms with Crippen molar-refractivity contribution in [2.45, 2.75) is 13.3 Å². The second-order valence-corrected chi connectivity index (χ2v) is 10.6. The van der Waals surface area contributed by atoms with Crippen LogP contribution in [0.2, 0.25) is 0 Å². The van der Waals surface area contributed by atoms with E-state index < -0.39 is 0 Å². The highest BCUT2D eigenvalue weighted by Crippen LogP contribution is 2.33. The number of piperazine rings is 1. The van der Waals surface area contributed by atoms with E-state index in [9.17, 15) is 4.79 Å². The van der Waals surface area contributed by atoms with Crippen molar-refractivity contribution in [2.75, 3.05) is 58.3 Å². The number of nitrogens with zero attached hydrogens (tertiary/aromatic N) is 5. The van der Waals surface area contributed by atoms with E-state index in [1.54, 1.807) is 11.3 Å². The first-order valence-electron chi connectivity index (χ1n) is 12.8. The lowest BCUT2D eigenvalue weighted by molar-refractivity contribution is 0.0746. The van der Waals surface area contributed by atoms with Crippen molar-refractivity contribution in [1.82, 2.24) is 19.8 Å². The number of benzene rings is 2. The van der Waals surface area contributed by atoms with Crippen LogP contribution in [-0.4, -0.2) is 79.1 Å². The Labute approximate surface area is 234 Å². The molecule has 9 heteroatoms. The number of rotatable bonds is 8. The first-order chi connectivity index (χ1) is 18.0. The Morgan fingerprint density at radius 3 is 2.32 bits per heavy atom. The monoisotopic (exact) mass is 551 g/mol. The highest BCUT2D eigenvalue weighted by molar-refractivity contribution is 7.18. The van der Waals surface area contributed by atoms with Gasteiger partial charge in [0.05, 0.1) is 5.39 Å². The fourth-order valence-corrected chi connectivity index (χ4v) is 5.43. The van der Waals surface area contributed by atoms with Crippen LogP contribution in [0.25, 0.3) is 21.3 Å². The third-order valence-corrected chi connectivity index (χ3v) is 7.80. The molecule has 4 aromatic rings. The average Bonchev–Trinajstić information content (AvgIpc) is 3.36. The summed E-state index contributed by atoms with van der Waals surface area (Å²) in [7, 11) is 4.04. The molecule has 2 aromatic carbocycles. The van der Waals surface area contributed by atoms with Crippen molar-refractivity contribution in [2.24, 2.45) is 0 Å². The molecule has 2 aromatic heterocycles. The van der Waals surface area contributed by atoms with E-state index in [0.717, 1.165) is 45.7 Å². The normalized spacial score (nSPS) is 13.6. The number of thiophene rings is 1. The topological polar surface area (TPSA) is 61.8 Å². The molecule has 0 spiro atoms. The van der Waals surface area contributed by atoms with E-state index in [1.165, 1.54) is 4.88 Å². The fraction of sp³-hybridized carbons (Fsp3) is 0.345. The average molecular weight is 552 g/mol. The van der Waals surface area contributed by atoms with Crippen LogP contribution in [0, 0.1) is 0 Å². The van der Waals surface area contributed by atoms with Gasteiger partial charge in [0, 0.05) is 43.2 Å². The van der Waals surface area contributed by atoms with E-state index in [2.05, 4.69) is 39.9 Å². The minimum atomic E-state index is 0. The second kappa shape index (κ2) is 12.6. The predicted molar refractivity (Wildman–Crippen MR) is 158 cm³/mol. The number of hydrogen-bond acceptors (Lipinski definition) is 7. The Morgan fingerprint density at radius 1 is 0.974 bits per heavy atom. The molecule has 1 aliphatic heterocycles. The van der Waals surface area contributed by atoms with Crippen LogP contribution in [0.15, 0.2) is 60.7 Å². The maximum atomic E-state index is 13.2. The molecule has 0 radical (unpaired) electrons. The van der Waals surface area contributed by atoms with Gasteiger partial charge in [-0.25, -0.2) is 0 Å². The molecule has 3 heterocycles. The van der Waals surface area contributed by atoms with Crippen LogP contribution < -0.4 is 9.64 Å². The summed E-state index contributed by atoms with van der Waals surface area (Å²) in [6.45, 7) is 6.22. The van der Waals surface area contributed by atoms with Crippen LogP contribution >= 0.6 is 23.7 Å². The number of halogens is 1. The summed E-state index contributed by atoms with van der Waals surface area (Å²) >= 11 is 1.70. The van der Waals surface area contributed by atoms with E-state index in [4.69, 9.17) is 9.72 Å². The summed E-state index contributed by atoms with van der Waals surface area (Å²) in [4.78, 5) is 31.2. The number of fused-ring (bicyclic) bond motifs is 1. The molecule has 1 fully saturated rings. The van der Waals surface area contributed by atoms with E-state index in [-0.39, 0.29) is 18.3 Å². The minimum Gasteiger partial charge on any atom is -0.462 e. The summed E-state index contributed by atoms with van der Waals surface area (Å²) in [5.41, 5.74) is 2.98. The summed E-state index contributed by atoms with van der Waals surface area (Å²) in [5, 5.41) is 1.07. The number of aromatic nitrogens is 2. The van der Waals surface area contributed by atoms with Crippen molar-refractivity contribution in [3.05, 3.63) is 71.1 Å². The van der Waals surface area contributed by atoms with Crippen LogP contribution in [0.1, 0.15) is 22.2 Å². The highest BCUT2D eigenvalue weighted by Gasteiger charge is 2.25. The summed E-state index contributed by atoms with van der Waals surface area (Å²) in [5.74, 6) is 0.976. The molecule has 0 atom stereocenters. The zero-order chi connectivity index (χ0) is 25.8. The highest BCUT2D eigenvalue weighted by atomic mass is 35.5. The van der Waals surface area contributed by atoms with E-state index >= 15 is 0 Å². The molecule has 38 heavy (non-hydrogen) atoms. The summed E-state index contributed by atoms with van der Waals surface area (Å²) in [6, 6.07) is 20.7. The predicted octanol–water partition coefficient (Wildman–Crippen LogP) is 5.25. The number of amides is 1. The van der Waals surface area contributed by atoms with Gasteiger partial charge in [-0.05, 0) is 49.8 Å². The lowest BCUT2D eigenvalue weighted by Gasteiger charge is -2.35. The van der Waals surface area contributed by atoms with Crippen LogP contribution in [0.4, 0.5) is 5.82 Å². The molecule has 200 valence electrons. The smallest absolute Gasteiger partial charge is 0.319 e. The van der Waals surface area contributed by atoms with Crippen molar-refractivity contribution < 1.29 is 9.53 Å². The van der Waals surface area contributed by atoms with Gasteiger partial charge in [-0.15, -0.1) is 23.7 Å². The number of carbonyl (C=O) groups is 1. The van der Waals surface area contributed by atoms with Crippen LogP contribution in [0.5, 0.6) is 6.01 Å². The van der Waals surface area contributed by atoms with Crippen LogP contribution in [0.3, 0.4) is 0 Å². The standard InChI is InChI=1S/C29H33N5O2S.ClH/c1-4-24-20-25-26(30-29(31-27(25)37-24)36-19-18-32(2)3)33-14-16-34(17-15-33)28(35)23-12-10-22(11-13-23)21-8-6-5-7-9-21;/h5-13,20H,4,14-19H2,1-3H3;1H. The molecule has 0 unspecified atom stereocenters. The fourth-order valence-electron chi connectivity index (χ4n) is 4.48. The number of carbonyl (C=O) groups excluding carboxylic acids is 1. The van der Waals surface area contributed by atoms with Crippen molar-refractivity contribution in [1.29, 1.82) is 0 Å². The number of ether oxygens (including phenoxy) is 1. The van der Waals surface area contributed by atoms with Crippen molar-refractivity contribution >= 4 is 45.7 Å². The third kappa shape index (κ3) is 6.26. The molecule has 0 aliphatic carbocycles. The minimum absolute atomic E-state index is 0. The molecule has 1 aliphatic rings. The lowest BCUT2D eigenvalue weighted by atomic mass is 10.0. The van der Waals surface area contributed by atoms with Gasteiger partial charge in [0.2, 0.25) is 0 Å². The maximum Gasteiger partial charge on any atom is 0.319 e. The van der Waals surface area contributed by atoms with Crippen molar-refractivity contribution in [3.63, 3.8) is 0 Å². The number of anilines is 1. The van der Waals surface area contributed by atoms with Gasteiger partial charge in [-0.1, -0.05) is 49.4 Å². The number of aryl methyl sites for hydroxylation is 1. The number of hydrogen-bond donors (Lipinski definition) is 0. The van der Waals surface area contributed by atoms with E-state index in [1.807, 2.05) is 61.5 Å². The second-order valence-electron chi connectivity index (χ2n) is 9.49. The molecule has 0 saturated carbocycles. The Balaban J connectivity index is 0.00000336. The molecular formula is C29H34ClN5O2S. The first-order valence-corrected chi connectivity index (χ1v) is 13.6. The van der Waals surface area contributed by atoms with Crippen molar-refractivity contribution in [3.8, 4) is 17.1 Å². The van der Waals surface area contributed by atoms with Gasteiger partial charge in [0.1, 0.15) is 17.3 Å². The molecule has 0 N–H and O–H groups in total.